The Balaban J connectivity index is 2.18. The summed E-state index contributed by atoms with van der Waals surface area (Å²) in [6.45, 7) is 0.977. The van der Waals surface area contributed by atoms with Gasteiger partial charge in [0, 0.05) is 12.6 Å². The van der Waals surface area contributed by atoms with Gasteiger partial charge in [-0.2, -0.15) is 0 Å². The van der Waals surface area contributed by atoms with Crippen molar-refractivity contribution < 1.29 is 18.3 Å². The Kier molecular flexibility index (Phi) is 3.13. The van der Waals surface area contributed by atoms with Crippen molar-refractivity contribution in [3.05, 3.63) is 24.3 Å². The highest BCUT2D eigenvalue weighted by atomic mass is 32.2. The largest absolute Gasteiger partial charge is 0.508 e. The van der Waals surface area contributed by atoms with Crippen molar-refractivity contribution in [3.8, 4) is 5.75 Å². The molecular formula is C10H13NO4S. The second-order valence-electron chi connectivity index (χ2n) is 3.68. The van der Waals surface area contributed by atoms with E-state index in [-0.39, 0.29) is 16.7 Å². The van der Waals surface area contributed by atoms with Crippen LogP contribution in [0.3, 0.4) is 0 Å². The summed E-state index contributed by atoms with van der Waals surface area (Å²) in [7, 11) is -3.56. The van der Waals surface area contributed by atoms with E-state index in [1.54, 1.807) is 0 Å². The molecule has 1 aromatic rings. The van der Waals surface area contributed by atoms with Crippen LogP contribution in [0, 0.1) is 0 Å². The molecule has 2 rings (SSSR count). The minimum atomic E-state index is -3.56. The van der Waals surface area contributed by atoms with E-state index in [1.165, 1.54) is 24.3 Å². The minimum absolute atomic E-state index is 0.0643. The monoisotopic (exact) mass is 243 g/mol. The number of aromatic hydroxyl groups is 1. The van der Waals surface area contributed by atoms with E-state index in [2.05, 4.69) is 4.72 Å². The van der Waals surface area contributed by atoms with Gasteiger partial charge >= 0.3 is 0 Å². The first-order valence-electron chi connectivity index (χ1n) is 4.97. The molecule has 0 saturated carbocycles. The van der Waals surface area contributed by atoms with Crippen LogP contribution >= 0.6 is 0 Å². The number of benzene rings is 1. The quantitative estimate of drug-likeness (QED) is 0.808. The molecule has 6 heteroatoms. The molecule has 2 N–H and O–H groups in total. The van der Waals surface area contributed by atoms with Crippen LogP contribution in [-0.2, 0) is 14.8 Å². The van der Waals surface area contributed by atoms with Crippen molar-refractivity contribution in [1.82, 2.24) is 4.72 Å². The lowest BCUT2D eigenvalue weighted by Crippen LogP contribution is -2.34. The maximum atomic E-state index is 11.9. The SMILES string of the molecule is O=S(=O)(NC1CCOC1)c1cccc(O)c1. The predicted molar refractivity (Wildman–Crippen MR) is 57.7 cm³/mol. The van der Waals surface area contributed by atoms with Gasteiger partial charge < -0.3 is 9.84 Å². The highest BCUT2D eigenvalue weighted by Crippen LogP contribution is 2.17. The number of phenolic OH excluding ortho intramolecular Hbond substituents is 1. The zero-order valence-corrected chi connectivity index (χ0v) is 9.40. The van der Waals surface area contributed by atoms with E-state index in [9.17, 15) is 13.5 Å². The molecule has 16 heavy (non-hydrogen) atoms. The lowest BCUT2D eigenvalue weighted by molar-refractivity contribution is 0.192. The fourth-order valence-corrected chi connectivity index (χ4v) is 2.86. The third kappa shape index (κ3) is 2.52. The van der Waals surface area contributed by atoms with Gasteiger partial charge in [0.2, 0.25) is 10.0 Å². The first-order chi connectivity index (χ1) is 7.58. The van der Waals surface area contributed by atoms with E-state index in [1.807, 2.05) is 0 Å². The average Bonchev–Trinajstić information content (AvgIpc) is 2.70. The van der Waals surface area contributed by atoms with Gasteiger partial charge in [0.05, 0.1) is 11.5 Å². The van der Waals surface area contributed by atoms with Crippen LogP contribution < -0.4 is 4.72 Å². The van der Waals surface area contributed by atoms with Crippen molar-refractivity contribution in [2.24, 2.45) is 0 Å². The highest BCUT2D eigenvalue weighted by Gasteiger charge is 2.23. The Bertz CT molecular complexity index is 465. The molecule has 1 heterocycles. The average molecular weight is 243 g/mol. The summed E-state index contributed by atoms with van der Waals surface area (Å²) in [6, 6.07) is 5.41. The van der Waals surface area contributed by atoms with Gasteiger partial charge in [-0.15, -0.1) is 0 Å². The molecule has 5 nitrogen and oxygen atoms in total. The number of ether oxygens (including phenoxy) is 1. The van der Waals surface area contributed by atoms with E-state index in [4.69, 9.17) is 4.74 Å². The summed E-state index contributed by atoms with van der Waals surface area (Å²) < 4.78 is 31.3. The van der Waals surface area contributed by atoms with Crippen LogP contribution in [0.5, 0.6) is 5.75 Å². The van der Waals surface area contributed by atoms with E-state index < -0.39 is 10.0 Å². The molecule has 0 spiro atoms. The lowest BCUT2D eigenvalue weighted by atomic mass is 10.3. The second kappa shape index (κ2) is 4.40. The number of hydrogen-bond donors (Lipinski definition) is 2. The smallest absolute Gasteiger partial charge is 0.241 e. The summed E-state index contributed by atoms with van der Waals surface area (Å²) in [5, 5.41) is 9.22. The minimum Gasteiger partial charge on any atom is -0.508 e. The van der Waals surface area contributed by atoms with Crippen LogP contribution in [0.1, 0.15) is 6.42 Å². The van der Waals surface area contributed by atoms with Crippen LogP contribution in [0.15, 0.2) is 29.2 Å². The molecular weight excluding hydrogens is 230 g/mol. The maximum Gasteiger partial charge on any atom is 0.241 e. The topological polar surface area (TPSA) is 75.6 Å². The summed E-state index contributed by atoms with van der Waals surface area (Å²) in [6.07, 6.45) is 0.679. The van der Waals surface area contributed by atoms with Crippen LogP contribution in [-0.4, -0.2) is 32.8 Å². The Morgan fingerprint density at radius 2 is 2.25 bits per heavy atom. The predicted octanol–water partition coefficient (Wildman–Crippen LogP) is 0.459. The summed E-state index contributed by atoms with van der Waals surface area (Å²) >= 11 is 0. The second-order valence-corrected chi connectivity index (χ2v) is 5.39. The molecule has 0 amide bonds. The third-order valence-corrected chi connectivity index (χ3v) is 3.90. The third-order valence-electron chi connectivity index (χ3n) is 2.38. The highest BCUT2D eigenvalue weighted by molar-refractivity contribution is 7.89. The van der Waals surface area contributed by atoms with Crippen molar-refractivity contribution in [2.45, 2.75) is 17.4 Å². The standard InChI is InChI=1S/C10H13NO4S/c12-9-2-1-3-10(6-9)16(13,14)11-8-4-5-15-7-8/h1-3,6,8,11-12H,4-5,7H2. The van der Waals surface area contributed by atoms with Crippen molar-refractivity contribution in [3.63, 3.8) is 0 Å². The molecule has 1 atom stereocenters. The number of phenols is 1. The fraction of sp³-hybridized carbons (Fsp3) is 0.400. The first kappa shape index (κ1) is 11.4. The molecule has 0 radical (unpaired) electrons. The summed E-state index contributed by atoms with van der Waals surface area (Å²) in [5.74, 6) is -0.0643. The number of hydrogen-bond acceptors (Lipinski definition) is 4. The van der Waals surface area contributed by atoms with Gasteiger partial charge in [-0.3, -0.25) is 0 Å². The number of rotatable bonds is 3. The Hall–Kier alpha value is -1.11. The van der Waals surface area contributed by atoms with E-state index >= 15 is 0 Å². The molecule has 1 fully saturated rings. The van der Waals surface area contributed by atoms with Crippen molar-refractivity contribution in [2.75, 3.05) is 13.2 Å². The van der Waals surface area contributed by atoms with Crippen LogP contribution in [0.25, 0.3) is 0 Å². The molecule has 1 aromatic carbocycles. The molecule has 1 unspecified atom stereocenters. The normalized spacial score (nSPS) is 21.1. The molecule has 0 aliphatic carbocycles. The zero-order chi connectivity index (χ0) is 11.6. The van der Waals surface area contributed by atoms with Gasteiger partial charge in [0.1, 0.15) is 5.75 Å². The number of sulfonamides is 1. The maximum absolute atomic E-state index is 11.9. The van der Waals surface area contributed by atoms with Crippen LogP contribution in [0.4, 0.5) is 0 Å². The summed E-state index contributed by atoms with van der Waals surface area (Å²) in [5.41, 5.74) is 0. The Labute approximate surface area is 94.1 Å². The van der Waals surface area contributed by atoms with Crippen molar-refractivity contribution in [1.29, 1.82) is 0 Å². The molecule has 0 aromatic heterocycles. The van der Waals surface area contributed by atoms with E-state index in [0.717, 1.165) is 0 Å². The van der Waals surface area contributed by atoms with Crippen molar-refractivity contribution >= 4 is 10.0 Å². The lowest BCUT2D eigenvalue weighted by Gasteiger charge is -2.11. The fourth-order valence-electron chi connectivity index (χ4n) is 1.57. The first-order valence-corrected chi connectivity index (χ1v) is 6.45. The van der Waals surface area contributed by atoms with Gasteiger partial charge in [0.15, 0.2) is 0 Å². The van der Waals surface area contributed by atoms with Gasteiger partial charge in [-0.1, -0.05) is 6.07 Å². The molecule has 1 aliphatic heterocycles. The van der Waals surface area contributed by atoms with Crippen LogP contribution in [0.2, 0.25) is 0 Å². The van der Waals surface area contributed by atoms with Gasteiger partial charge in [-0.25, -0.2) is 13.1 Å². The molecule has 88 valence electrons. The molecule has 0 bridgehead atoms. The Morgan fingerprint density at radius 1 is 1.44 bits per heavy atom. The number of nitrogens with one attached hydrogen (secondary N) is 1. The molecule has 1 aliphatic rings. The zero-order valence-electron chi connectivity index (χ0n) is 8.59. The summed E-state index contributed by atoms with van der Waals surface area (Å²) in [4.78, 5) is 0.0689. The Morgan fingerprint density at radius 3 is 2.88 bits per heavy atom. The molecule has 1 saturated heterocycles. The van der Waals surface area contributed by atoms with Gasteiger partial charge in [0.25, 0.3) is 0 Å². The van der Waals surface area contributed by atoms with Gasteiger partial charge in [-0.05, 0) is 24.6 Å². The van der Waals surface area contributed by atoms with E-state index in [0.29, 0.717) is 19.6 Å².